The van der Waals surface area contributed by atoms with Gasteiger partial charge in [0.2, 0.25) is 0 Å². The zero-order valence-corrected chi connectivity index (χ0v) is 67.4. The molecule has 41 nitrogen and oxygen atoms in total. The predicted octanol–water partition coefficient (Wildman–Crippen LogP) is -17.8. The summed E-state index contributed by atoms with van der Waals surface area (Å²) in [7, 11) is -4.64. The summed E-state index contributed by atoms with van der Waals surface area (Å²) in [6.45, 7) is 0. The van der Waals surface area contributed by atoms with Crippen LogP contribution in [-0.4, -0.2) is 20.2 Å². The molecule has 0 fully saturated rings. The van der Waals surface area contributed by atoms with Gasteiger partial charge in [-0.3, -0.25) is 0 Å². The molecule has 0 aliphatic carbocycles. The van der Waals surface area contributed by atoms with Crippen molar-refractivity contribution in [2.45, 2.75) is 0 Å². The van der Waals surface area contributed by atoms with Crippen molar-refractivity contribution in [1.82, 2.24) is 0 Å². The Morgan fingerprint density at radius 1 is 0.351 bits per heavy atom. The first kappa shape index (κ1) is 80.1. The van der Waals surface area contributed by atoms with Crippen LogP contribution in [0.25, 0.3) is 0 Å². The molecular weight excluding hydrogens is 2960 g/mol. The van der Waals surface area contributed by atoms with E-state index in [1.807, 2.05) is 0 Å². The van der Waals surface area contributed by atoms with Crippen molar-refractivity contribution in [3.05, 3.63) is 0 Å². The van der Waals surface area contributed by atoms with Crippen molar-refractivity contribution < 1.29 is 428 Å². The van der Waals surface area contributed by atoms with Gasteiger partial charge in [-0.2, -0.15) is 0 Å². The van der Waals surface area contributed by atoms with Crippen LogP contribution in [0, 0.1) is 0 Å². The van der Waals surface area contributed by atoms with Crippen LogP contribution in [-0.2, 0) is 308 Å². The van der Waals surface area contributed by atoms with E-state index < -0.39 is 211 Å². The van der Waals surface area contributed by atoms with Gasteiger partial charge in [0.05, 0.1) is 0 Å². The van der Waals surface area contributed by atoms with Crippen molar-refractivity contribution >= 4 is 7.82 Å². The Labute approximate surface area is 426 Å². The molecule has 0 aromatic rings. The standard InChI is InChI=1S/3Na.H3O4P.H2O.36O.12W/c;;;1-5(2,3)4;;;;;;;;;;;;;;;;;;;;;;;;;;;;;;;;;;;;;;;;;;;;;;;;;/h;;;(H3,1,2,3,4);1H2;;;;;;;;;;;;;;;;;;;;;;;;;;;;;;;;;;;;;;;;;;;;;;;;/q3*+1;;;;;;;;;;;;;;;;;;;;;;;;;;;;;;;;;;;;3*-1;;;;;;;;;;;;. The second-order valence-electron chi connectivity index (χ2n) is 5.41. The van der Waals surface area contributed by atoms with Crippen LogP contribution in [0.5, 0.6) is 0 Å². The molecule has 0 aliphatic rings. The first-order valence-corrected chi connectivity index (χ1v) is 63.7. The minimum atomic E-state index is -7.04. The van der Waals surface area contributed by atoms with Crippen LogP contribution in [0.15, 0.2) is 0 Å². The second-order valence-corrected chi connectivity index (χ2v) is 77.7. The summed E-state index contributed by atoms with van der Waals surface area (Å²) in [5.74, 6) is 0. The second kappa shape index (κ2) is 32.7. The summed E-state index contributed by atoms with van der Waals surface area (Å²) >= 11 is -77.8. The van der Waals surface area contributed by atoms with Gasteiger partial charge < -0.3 is 20.2 Å². The average molecular weight is 2970 g/mol. The summed E-state index contributed by atoms with van der Waals surface area (Å²) in [6.07, 6.45) is 0. The van der Waals surface area contributed by atoms with Gasteiger partial charge in [0, 0.05) is 0 Å². The summed E-state index contributed by atoms with van der Waals surface area (Å²) in [5.41, 5.74) is 0. The molecule has 0 aliphatic heterocycles. The molecule has 57 heteroatoms. The maximum absolute atomic E-state index is 10.6. The molecule has 0 spiro atoms. The van der Waals surface area contributed by atoms with Crippen molar-refractivity contribution in [3.8, 4) is 0 Å². The van der Waals surface area contributed by atoms with Gasteiger partial charge in [-0.05, 0) is 0 Å². The van der Waals surface area contributed by atoms with Crippen LogP contribution in [0.2, 0.25) is 0 Å². The minimum absolute atomic E-state index is 0. The first-order chi connectivity index (χ1) is 22.5. The predicted molar refractivity (Wildman–Crippen MR) is 44.1 cm³/mol. The Balaban J connectivity index is -0.0000000959. The molecule has 0 amide bonds. The quantitative estimate of drug-likeness (QED) is 0.0847. The van der Waals surface area contributed by atoms with E-state index >= 15 is 0 Å². The van der Waals surface area contributed by atoms with Crippen LogP contribution >= 0.6 is 7.82 Å². The van der Waals surface area contributed by atoms with Crippen molar-refractivity contribution in [1.29, 1.82) is 0 Å². The van der Waals surface area contributed by atoms with Gasteiger partial charge >= 0.3 is 411 Å². The summed E-state index contributed by atoms with van der Waals surface area (Å²) in [5, 5.41) is 0. The molecule has 0 heterocycles. The Bertz CT molecular complexity index is 2250. The van der Waals surface area contributed by atoms with E-state index in [-0.39, 0.29) is 94.1 Å². The van der Waals surface area contributed by atoms with Gasteiger partial charge in [0.25, 0.3) is 0 Å². The normalized spacial score (nSPS) is 12.5. The average Bonchev–Trinajstić information content (AvgIpc) is 2.60. The number of rotatable bonds is 18. The third-order valence-electron chi connectivity index (χ3n) is 1.42. The molecule has 0 saturated heterocycles. The SMILES string of the molecule is O.O=P(O)(O)O.[Na+].[Na+].[Na+].[O]=[W](=[O])[O][W](=[O])(=[O])[O][W](=[O])(=[O])[O][W](=[O])(=[O])[O-].[O]=[W](=[O])[O][W](=[O])(=[O])[O][W](=[O])(=[O])[O][W](=[O])(=[O])[O-].[O]=[W](=[O])[O][W](=[O])(=[O])[O][W](=[O])(=[O])[O][W](=[O])(=[O])[O-]. The molecule has 0 unspecified atom stereocenters. The number of hydrogen-bond acceptors (Lipinski definition) is 37. The number of hydrogen-bond donors (Lipinski definition) is 3. The van der Waals surface area contributed by atoms with Crippen LogP contribution in [0.1, 0.15) is 0 Å². The Kier molecular flexibility index (Phi) is 46.0. The van der Waals surface area contributed by atoms with E-state index in [9.17, 15) is 92.8 Å². The van der Waals surface area contributed by atoms with E-state index in [4.69, 9.17) is 19.2 Å². The molecular formula is H5Na3O41PW12. The fraction of sp³-hybridized carbons (Fsp3) is 0. The Hall–Kier alpha value is 6.05. The maximum atomic E-state index is 10.6. The zero-order valence-electron chi connectivity index (χ0n) is 25.3. The fourth-order valence-corrected chi connectivity index (χ4v) is 92.0. The van der Waals surface area contributed by atoms with E-state index in [0.29, 0.717) is 0 Å². The van der Waals surface area contributed by atoms with Gasteiger partial charge in [-0.15, -0.1) is 0 Å². The first-order valence-electron chi connectivity index (χ1n) is 8.28. The van der Waals surface area contributed by atoms with Crippen molar-refractivity contribution in [3.63, 3.8) is 0 Å². The van der Waals surface area contributed by atoms with E-state index in [2.05, 4.69) is 18.4 Å². The topological polar surface area (TPSA) is 671 Å². The van der Waals surface area contributed by atoms with Crippen LogP contribution in [0.4, 0.5) is 0 Å². The van der Waals surface area contributed by atoms with E-state index in [1.165, 1.54) is 0 Å². The van der Waals surface area contributed by atoms with Crippen molar-refractivity contribution in [2.75, 3.05) is 0 Å². The van der Waals surface area contributed by atoms with Gasteiger partial charge in [-0.1, -0.05) is 0 Å². The third kappa shape index (κ3) is 68.7. The summed E-state index contributed by atoms with van der Waals surface area (Å²) < 4.78 is 313. The van der Waals surface area contributed by atoms with Crippen molar-refractivity contribution in [2.24, 2.45) is 0 Å². The number of phosphoric acid groups is 1. The molecule has 0 saturated carbocycles. The summed E-state index contributed by atoms with van der Waals surface area (Å²) in [4.78, 5) is 21.6. The van der Waals surface area contributed by atoms with Gasteiger partial charge in [-0.25, -0.2) is 4.57 Å². The molecule has 0 aromatic carbocycles. The van der Waals surface area contributed by atoms with E-state index in [1.54, 1.807) is 0 Å². The summed E-state index contributed by atoms with van der Waals surface area (Å²) in [6, 6.07) is 0. The molecule has 57 heavy (non-hydrogen) atoms. The Morgan fingerprint density at radius 2 is 0.474 bits per heavy atom. The molecule has 0 bridgehead atoms. The third-order valence-corrected chi connectivity index (χ3v) is 94.9. The van der Waals surface area contributed by atoms with Crippen LogP contribution in [0.3, 0.4) is 0 Å². The van der Waals surface area contributed by atoms with Crippen LogP contribution < -0.4 is 100.0 Å². The molecule has 5 N–H and O–H groups in total. The van der Waals surface area contributed by atoms with E-state index in [0.717, 1.165) is 0 Å². The Morgan fingerprint density at radius 3 is 0.561 bits per heavy atom. The molecule has 0 radical (unpaired) electrons. The fourth-order valence-electron chi connectivity index (χ4n) is 0.885. The zero-order chi connectivity index (χ0) is 44.1. The molecule has 0 rings (SSSR count). The van der Waals surface area contributed by atoms with Gasteiger partial charge in [0.15, 0.2) is 0 Å². The van der Waals surface area contributed by atoms with Gasteiger partial charge in [0.1, 0.15) is 0 Å². The molecule has 0 aromatic heterocycles. The molecule has 0 atom stereocenters. The monoisotopic (exact) mass is 2970 g/mol. The molecule has 331 valence electrons.